The molecule has 23 heavy (non-hydrogen) atoms. The average Bonchev–Trinajstić information content (AvgIpc) is 3.03. The van der Waals surface area contributed by atoms with E-state index in [0.717, 1.165) is 50.8 Å². The number of rotatable bonds is 6. The Hall–Kier alpha value is -1.83. The van der Waals surface area contributed by atoms with Crippen LogP contribution in [0.2, 0.25) is 0 Å². The normalized spacial score (nSPS) is 12.1. The number of methoxy groups -OCH3 is 2. The lowest BCUT2D eigenvalue weighted by molar-refractivity contribution is 0.174. The van der Waals surface area contributed by atoms with Crippen LogP contribution in [-0.4, -0.2) is 27.6 Å². The molecule has 0 aliphatic carbocycles. The van der Waals surface area contributed by atoms with Crippen molar-refractivity contribution in [3.8, 4) is 23.0 Å². The van der Waals surface area contributed by atoms with Crippen LogP contribution in [0.25, 0.3) is 0 Å². The number of anilines is 1. The highest BCUT2D eigenvalue weighted by atomic mass is 127. The zero-order valence-corrected chi connectivity index (χ0v) is 15.2. The highest BCUT2D eigenvalue weighted by Crippen LogP contribution is 2.34. The predicted molar refractivity (Wildman–Crippen MR) is 97.0 cm³/mol. The van der Waals surface area contributed by atoms with Crippen molar-refractivity contribution in [1.29, 1.82) is 0 Å². The topological polar surface area (TPSA) is 49.0 Å². The Kier molecular flexibility index (Phi) is 5.00. The maximum Gasteiger partial charge on any atom is 0.231 e. The third kappa shape index (κ3) is 3.57. The van der Waals surface area contributed by atoms with Crippen LogP contribution < -0.4 is 24.3 Å². The van der Waals surface area contributed by atoms with Crippen molar-refractivity contribution >= 4 is 28.3 Å². The quantitative estimate of drug-likeness (QED) is 0.713. The molecule has 0 spiro atoms. The second kappa shape index (κ2) is 7.16. The molecule has 1 N–H and O–H groups in total. The molecular weight excluding hydrogens is 409 g/mol. The Labute approximate surface area is 149 Å². The highest BCUT2D eigenvalue weighted by molar-refractivity contribution is 14.1. The van der Waals surface area contributed by atoms with Crippen molar-refractivity contribution < 1.29 is 18.9 Å². The molecule has 1 aliphatic rings. The molecule has 3 rings (SSSR count). The first-order valence-electron chi connectivity index (χ1n) is 7.25. The lowest BCUT2D eigenvalue weighted by atomic mass is 10.1. The molecule has 1 heterocycles. The van der Waals surface area contributed by atoms with Crippen molar-refractivity contribution in [2.75, 3.05) is 32.9 Å². The summed E-state index contributed by atoms with van der Waals surface area (Å²) in [6.07, 6.45) is 0.824. The first kappa shape index (κ1) is 16.0. The Morgan fingerprint density at radius 3 is 2.61 bits per heavy atom. The van der Waals surface area contributed by atoms with E-state index in [1.807, 2.05) is 30.3 Å². The molecule has 2 aromatic rings. The summed E-state index contributed by atoms with van der Waals surface area (Å²) in [6.45, 7) is 1.07. The van der Waals surface area contributed by atoms with Gasteiger partial charge in [-0.15, -0.1) is 0 Å². The molecule has 0 saturated carbocycles. The van der Waals surface area contributed by atoms with Gasteiger partial charge in [0.2, 0.25) is 6.79 Å². The molecule has 5 nitrogen and oxygen atoms in total. The smallest absolute Gasteiger partial charge is 0.231 e. The minimum Gasteiger partial charge on any atom is -0.496 e. The van der Waals surface area contributed by atoms with Gasteiger partial charge in [-0.3, -0.25) is 0 Å². The zero-order chi connectivity index (χ0) is 16.2. The van der Waals surface area contributed by atoms with Gasteiger partial charge < -0.3 is 24.3 Å². The Morgan fingerprint density at radius 2 is 1.83 bits per heavy atom. The SMILES string of the molecule is COc1cc(CCNc2ccc3c(c2)OCO3)c(OC)cc1I. The van der Waals surface area contributed by atoms with Crippen LogP contribution in [0.15, 0.2) is 30.3 Å². The number of hydrogen-bond acceptors (Lipinski definition) is 5. The van der Waals surface area contributed by atoms with E-state index in [-0.39, 0.29) is 0 Å². The van der Waals surface area contributed by atoms with Gasteiger partial charge in [0, 0.05) is 18.3 Å². The van der Waals surface area contributed by atoms with Crippen LogP contribution in [0.3, 0.4) is 0 Å². The minimum absolute atomic E-state index is 0.290. The summed E-state index contributed by atoms with van der Waals surface area (Å²) in [4.78, 5) is 0. The fraction of sp³-hybridized carbons (Fsp3) is 0.294. The van der Waals surface area contributed by atoms with Crippen LogP contribution in [0, 0.1) is 3.57 Å². The van der Waals surface area contributed by atoms with Gasteiger partial charge in [0.25, 0.3) is 0 Å². The summed E-state index contributed by atoms with van der Waals surface area (Å²) >= 11 is 2.24. The van der Waals surface area contributed by atoms with E-state index >= 15 is 0 Å². The number of hydrogen-bond donors (Lipinski definition) is 1. The first-order chi connectivity index (χ1) is 11.2. The maximum absolute atomic E-state index is 5.46. The van der Waals surface area contributed by atoms with Gasteiger partial charge in [0.1, 0.15) is 11.5 Å². The first-order valence-corrected chi connectivity index (χ1v) is 8.33. The second-order valence-electron chi connectivity index (χ2n) is 5.04. The highest BCUT2D eigenvalue weighted by Gasteiger charge is 2.13. The fourth-order valence-corrected chi connectivity index (χ4v) is 3.13. The number of ether oxygens (including phenoxy) is 4. The summed E-state index contributed by atoms with van der Waals surface area (Å²) in [7, 11) is 3.37. The molecule has 0 fully saturated rings. The lowest BCUT2D eigenvalue weighted by Gasteiger charge is -2.13. The van der Waals surface area contributed by atoms with Crippen molar-refractivity contribution in [3.63, 3.8) is 0 Å². The van der Waals surface area contributed by atoms with E-state index in [4.69, 9.17) is 18.9 Å². The van der Waals surface area contributed by atoms with Crippen molar-refractivity contribution in [2.24, 2.45) is 0 Å². The van der Waals surface area contributed by atoms with Gasteiger partial charge in [-0.2, -0.15) is 0 Å². The van der Waals surface area contributed by atoms with Crippen molar-refractivity contribution in [3.05, 3.63) is 39.5 Å². The van der Waals surface area contributed by atoms with Crippen molar-refractivity contribution in [2.45, 2.75) is 6.42 Å². The molecule has 0 aromatic heterocycles. The molecule has 2 aromatic carbocycles. The number of benzene rings is 2. The molecule has 0 amide bonds. The van der Waals surface area contributed by atoms with Gasteiger partial charge in [0.15, 0.2) is 11.5 Å². The van der Waals surface area contributed by atoms with E-state index in [2.05, 4.69) is 27.9 Å². The predicted octanol–water partition coefficient (Wildman–Crippen LogP) is 3.69. The zero-order valence-electron chi connectivity index (χ0n) is 13.0. The van der Waals surface area contributed by atoms with Gasteiger partial charge in [0.05, 0.1) is 17.8 Å². The summed E-state index contributed by atoms with van der Waals surface area (Å²) in [6, 6.07) is 9.88. The molecule has 6 heteroatoms. The standard InChI is InChI=1S/C17H18INO4/c1-20-15-9-13(18)16(21-2)7-11(15)5-6-19-12-3-4-14-17(8-12)23-10-22-14/h3-4,7-9,19H,5-6,10H2,1-2H3. The molecule has 0 bridgehead atoms. The van der Waals surface area contributed by atoms with Gasteiger partial charge in [-0.1, -0.05) is 0 Å². The molecule has 0 saturated heterocycles. The van der Waals surface area contributed by atoms with E-state index in [9.17, 15) is 0 Å². The van der Waals surface area contributed by atoms with Crippen molar-refractivity contribution in [1.82, 2.24) is 0 Å². The number of nitrogens with one attached hydrogen (secondary N) is 1. The summed E-state index contributed by atoms with van der Waals surface area (Å²) < 4.78 is 22.6. The van der Waals surface area contributed by atoms with E-state index in [1.54, 1.807) is 14.2 Å². The van der Waals surface area contributed by atoms with E-state index < -0.39 is 0 Å². The second-order valence-corrected chi connectivity index (χ2v) is 6.21. The molecule has 0 unspecified atom stereocenters. The third-order valence-electron chi connectivity index (χ3n) is 3.65. The summed E-state index contributed by atoms with van der Waals surface area (Å²) in [5.41, 5.74) is 2.11. The number of halogens is 1. The molecular formula is C17H18INO4. The molecule has 1 aliphatic heterocycles. The van der Waals surface area contributed by atoms with Crippen LogP contribution in [0.4, 0.5) is 5.69 Å². The van der Waals surface area contributed by atoms with Gasteiger partial charge in [-0.25, -0.2) is 0 Å². The van der Waals surface area contributed by atoms with E-state index in [0.29, 0.717) is 6.79 Å². The van der Waals surface area contributed by atoms with Crippen LogP contribution in [0.1, 0.15) is 5.56 Å². The summed E-state index contributed by atoms with van der Waals surface area (Å²) in [5, 5.41) is 3.39. The molecule has 122 valence electrons. The molecule has 0 atom stereocenters. The Morgan fingerprint density at radius 1 is 1.04 bits per heavy atom. The average molecular weight is 427 g/mol. The molecule has 0 radical (unpaired) electrons. The largest absolute Gasteiger partial charge is 0.496 e. The van der Waals surface area contributed by atoms with E-state index in [1.165, 1.54) is 0 Å². The third-order valence-corrected chi connectivity index (χ3v) is 4.49. The van der Waals surface area contributed by atoms with Gasteiger partial charge >= 0.3 is 0 Å². The van der Waals surface area contributed by atoms with Crippen LogP contribution in [-0.2, 0) is 6.42 Å². The Bertz CT molecular complexity index is 705. The minimum atomic E-state index is 0.290. The maximum atomic E-state index is 5.46. The van der Waals surface area contributed by atoms with Crippen LogP contribution in [0.5, 0.6) is 23.0 Å². The fourth-order valence-electron chi connectivity index (χ4n) is 2.47. The van der Waals surface area contributed by atoms with Gasteiger partial charge in [-0.05, 0) is 58.8 Å². The lowest BCUT2D eigenvalue weighted by Crippen LogP contribution is -2.06. The monoisotopic (exact) mass is 427 g/mol. The summed E-state index contributed by atoms with van der Waals surface area (Å²) in [5.74, 6) is 3.32. The van der Waals surface area contributed by atoms with Crippen LogP contribution >= 0.6 is 22.6 Å². The number of fused-ring (bicyclic) bond motifs is 1. The Balaban J connectivity index is 1.66.